The molecular formula is C16H23N3O4. The summed E-state index contributed by atoms with van der Waals surface area (Å²) in [6, 6.07) is 0. The molecule has 0 saturated carbocycles. The number of aromatic amines is 1. The van der Waals surface area contributed by atoms with Crippen molar-refractivity contribution < 1.29 is 19.5 Å². The van der Waals surface area contributed by atoms with Crippen LogP contribution in [0.25, 0.3) is 0 Å². The number of carbonyl (C=O) groups excluding carboxylic acids is 2. The third-order valence-electron chi connectivity index (χ3n) is 4.93. The zero-order valence-electron chi connectivity index (χ0n) is 13.7. The lowest BCUT2D eigenvalue weighted by Gasteiger charge is -2.40. The van der Waals surface area contributed by atoms with Gasteiger partial charge in [-0.15, -0.1) is 0 Å². The van der Waals surface area contributed by atoms with Crippen LogP contribution in [0.4, 0.5) is 0 Å². The molecule has 1 fully saturated rings. The molecule has 4 N–H and O–H groups in total. The monoisotopic (exact) mass is 321 g/mol. The van der Waals surface area contributed by atoms with Crippen molar-refractivity contribution in [1.82, 2.24) is 9.88 Å². The number of carboxylic acid groups (broad SMARTS) is 1. The highest BCUT2D eigenvalue weighted by molar-refractivity contribution is 6.01. The van der Waals surface area contributed by atoms with Crippen molar-refractivity contribution in [3.63, 3.8) is 0 Å². The number of likely N-dealkylation sites (tertiary alicyclic amines) is 1. The van der Waals surface area contributed by atoms with E-state index in [0.717, 1.165) is 0 Å². The van der Waals surface area contributed by atoms with Crippen LogP contribution < -0.4 is 5.73 Å². The van der Waals surface area contributed by atoms with Gasteiger partial charge in [-0.1, -0.05) is 6.92 Å². The van der Waals surface area contributed by atoms with Crippen molar-refractivity contribution in [2.75, 3.05) is 13.1 Å². The van der Waals surface area contributed by atoms with Gasteiger partial charge in [-0.2, -0.15) is 0 Å². The lowest BCUT2D eigenvalue weighted by Crippen LogP contribution is -2.52. The summed E-state index contributed by atoms with van der Waals surface area (Å²) in [5.41, 5.74) is 6.21. The summed E-state index contributed by atoms with van der Waals surface area (Å²) < 4.78 is 0. The summed E-state index contributed by atoms with van der Waals surface area (Å²) in [5.74, 6) is -1.72. The number of nitrogens with zero attached hydrogens (tertiary/aromatic N) is 1. The summed E-state index contributed by atoms with van der Waals surface area (Å²) in [6.45, 7) is 6.02. The maximum absolute atomic E-state index is 12.9. The number of aromatic nitrogens is 1. The summed E-state index contributed by atoms with van der Waals surface area (Å²) in [6.07, 6.45) is 1.96. The minimum Gasteiger partial charge on any atom is -0.477 e. The second kappa shape index (κ2) is 6.06. The first-order valence-electron chi connectivity index (χ1n) is 7.75. The maximum Gasteiger partial charge on any atom is 0.352 e. The van der Waals surface area contributed by atoms with Crippen LogP contribution in [0.15, 0.2) is 0 Å². The molecule has 0 spiro atoms. The molecule has 1 aliphatic heterocycles. The first-order valence-corrected chi connectivity index (χ1v) is 7.75. The molecule has 2 amide bonds. The number of amides is 2. The quantitative estimate of drug-likeness (QED) is 0.778. The Balaban J connectivity index is 2.34. The van der Waals surface area contributed by atoms with E-state index < -0.39 is 11.4 Å². The molecule has 1 atom stereocenters. The average Bonchev–Trinajstić information content (AvgIpc) is 2.81. The summed E-state index contributed by atoms with van der Waals surface area (Å²) in [4.78, 5) is 40.3. The van der Waals surface area contributed by atoms with Gasteiger partial charge in [-0.3, -0.25) is 9.59 Å². The summed E-state index contributed by atoms with van der Waals surface area (Å²) in [7, 11) is 0. The van der Waals surface area contributed by atoms with Crippen molar-refractivity contribution in [2.45, 2.75) is 40.0 Å². The van der Waals surface area contributed by atoms with Crippen LogP contribution in [0.3, 0.4) is 0 Å². The predicted octanol–water partition coefficient (Wildman–Crippen LogP) is 1.45. The fourth-order valence-electron chi connectivity index (χ4n) is 3.41. The molecular weight excluding hydrogens is 298 g/mol. The van der Waals surface area contributed by atoms with Gasteiger partial charge >= 0.3 is 5.97 Å². The smallest absolute Gasteiger partial charge is 0.352 e. The number of primary amides is 1. The van der Waals surface area contributed by atoms with Crippen molar-refractivity contribution in [2.24, 2.45) is 11.1 Å². The number of hydrogen-bond acceptors (Lipinski definition) is 3. The van der Waals surface area contributed by atoms with Crippen LogP contribution in [0.5, 0.6) is 0 Å². The normalized spacial score (nSPS) is 21.3. The number of nitrogens with two attached hydrogens (primary N) is 1. The third kappa shape index (κ3) is 2.83. The van der Waals surface area contributed by atoms with Gasteiger partial charge in [0.2, 0.25) is 5.91 Å². The molecule has 7 nitrogen and oxygen atoms in total. The topological polar surface area (TPSA) is 116 Å². The number of rotatable bonds is 4. The fraction of sp³-hybridized carbons (Fsp3) is 0.562. The van der Waals surface area contributed by atoms with Crippen LogP contribution in [0.1, 0.15) is 58.3 Å². The second-order valence-electron chi connectivity index (χ2n) is 6.26. The number of hydrogen-bond donors (Lipinski definition) is 3. The molecule has 0 unspecified atom stereocenters. The number of nitrogens with one attached hydrogen (secondary N) is 1. The van der Waals surface area contributed by atoms with E-state index in [4.69, 9.17) is 5.73 Å². The van der Waals surface area contributed by atoms with Crippen LogP contribution in [0, 0.1) is 19.3 Å². The van der Waals surface area contributed by atoms with E-state index in [1.54, 1.807) is 18.7 Å². The second-order valence-corrected chi connectivity index (χ2v) is 6.26. The standard InChI is InChI=1S/C16H23N3O4/c1-4-16(15(17)23)6-5-7-19(8-16)13(20)11-9(2)12(14(21)22)18-10(11)3/h18H,4-8H2,1-3H3,(H2,17,23)(H,21,22)/t16-/m0/s1. The van der Waals surface area contributed by atoms with E-state index >= 15 is 0 Å². The largest absolute Gasteiger partial charge is 0.477 e. The number of carboxylic acids is 1. The van der Waals surface area contributed by atoms with Crippen LogP contribution in [-0.4, -0.2) is 45.9 Å². The number of aryl methyl sites for hydroxylation is 1. The van der Waals surface area contributed by atoms with Gasteiger partial charge in [0.15, 0.2) is 0 Å². The highest BCUT2D eigenvalue weighted by Gasteiger charge is 2.41. The first-order chi connectivity index (χ1) is 10.7. The van der Waals surface area contributed by atoms with E-state index in [1.807, 2.05) is 6.92 Å². The number of H-pyrrole nitrogens is 1. The Morgan fingerprint density at radius 1 is 1.35 bits per heavy atom. The zero-order valence-corrected chi connectivity index (χ0v) is 13.7. The lowest BCUT2D eigenvalue weighted by atomic mass is 9.77. The van der Waals surface area contributed by atoms with Crippen molar-refractivity contribution >= 4 is 17.8 Å². The molecule has 23 heavy (non-hydrogen) atoms. The summed E-state index contributed by atoms with van der Waals surface area (Å²) in [5, 5.41) is 9.17. The Bertz CT molecular complexity index is 665. The highest BCUT2D eigenvalue weighted by atomic mass is 16.4. The summed E-state index contributed by atoms with van der Waals surface area (Å²) >= 11 is 0. The number of piperidine rings is 1. The zero-order chi connectivity index (χ0) is 17.4. The molecule has 1 aliphatic rings. The van der Waals surface area contributed by atoms with E-state index in [0.29, 0.717) is 42.6 Å². The van der Waals surface area contributed by atoms with E-state index in [-0.39, 0.29) is 24.1 Å². The van der Waals surface area contributed by atoms with Gasteiger partial charge in [0.25, 0.3) is 5.91 Å². The Kier molecular flexibility index (Phi) is 4.49. The predicted molar refractivity (Wildman–Crippen MR) is 84.3 cm³/mol. The molecule has 2 rings (SSSR count). The van der Waals surface area contributed by atoms with Crippen LogP contribution in [0.2, 0.25) is 0 Å². The lowest BCUT2D eigenvalue weighted by molar-refractivity contribution is -0.130. The molecule has 0 bridgehead atoms. The Labute approximate surface area is 134 Å². The molecule has 7 heteroatoms. The molecule has 1 aromatic rings. The van der Waals surface area contributed by atoms with E-state index in [9.17, 15) is 19.5 Å². The van der Waals surface area contributed by atoms with Crippen molar-refractivity contribution in [3.8, 4) is 0 Å². The molecule has 1 aromatic heterocycles. The van der Waals surface area contributed by atoms with Gasteiger partial charge < -0.3 is 20.7 Å². The number of carbonyl (C=O) groups is 3. The van der Waals surface area contributed by atoms with E-state index in [2.05, 4.69) is 4.98 Å². The average molecular weight is 321 g/mol. The molecule has 0 radical (unpaired) electrons. The van der Waals surface area contributed by atoms with Crippen molar-refractivity contribution in [3.05, 3.63) is 22.5 Å². The van der Waals surface area contributed by atoms with Gasteiger partial charge in [-0.05, 0) is 38.7 Å². The van der Waals surface area contributed by atoms with Gasteiger partial charge in [-0.25, -0.2) is 4.79 Å². The SMILES string of the molecule is CC[C@]1(C(N)=O)CCCN(C(=O)c2c(C)[nH]c(C(=O)O)c2C)C1. The number of aromatic carboxylic acids is 1. The van der Waals surface area contributed by atoms with Crippen molar-refractivity contribution in [1.29, 1.82) is 0 Å². The van der Waals surface area contributed by atoms with Crippen LogP contribution >= 0.6 is 0 Å². The minimum atomic E-state index is -1.09. The molecule has 0 aromatic carbocycles. The minimum absolute atomic E-state index is 0.0273. The van der Waals surface area contributed by atoms with E-state index in [1.165, 1.54) is 0 Å². The Morgan fingerprint density at radius 2 is 2.00 bits per heavy atom. The Hall–Kier alpha value is -2.31. The Morgan fingerprint density at radius 3 is 2.48 bits per heavy atom. The molecule has 126 valence electrons. The molecule has 1 saturated heterocycles. The first kappa shape index (κ1) is 17.1. The van der Waals surface area contributed by atoms with Gasteiger partial charge in [0.05, 0.1) is 11.0 Å². The highest BCUT2D eigenvalue weighted by Crippen LogP contribution is 2.34. The fourth-order valence-corrected chi connectivity index (χ4v) is 3.41. The maximum atomic E-state index is 12.9. The molecule has 0 aliphatic carbocycles. The molecule has 2 heterocycles. The third-order valence-corrected chi connectivity index (χ3v) is 4.93. The van der Waals surface area contributed by atoms with Crippen LogP contribution in [-0.2, 0) is 4.79 Å². The van der Waals surface area contributed by atoms with Gasteiger partial charge in [0.1, 0.15) is 5.69 Å². The van der Waals surface area contributed by atoms with Gasteiger partial charge in [0, 0.05) is 18.8 Å².